The van der Waals surface area contributed by atoms with Gasteiger partial charge >= 0.3 is 6.03 Å². The van der Waals surface area contributed by atoms with Crippen molar-refractivity contribution in [3.8, 4) is 0 Å². The molecule has 3 amide bonds. The van der Waals surface area contributed by atoms with Gasteiger partial charge in [0.05, 0.1) is 12.6 Å². The van der Waals surface area contributed by atoms with E-state index in [9.17, 15) is 9.59 Å². The van der Waals surface area contributed by atoms with E-state index in [1.807, 2.05) is 30.9 Å². The number of aryl methyl sites for hydroxylation is 1. The van der Waals surface area contributed by atoms with Crippen molar-refractivity contribution < 1.29 is 9.59 Å². The van der Waals surface area contributed by atoms with Gasteiger partial charge in [-0.15, -0.1) is 0 Å². The fourth-order valence-electron chi connectivity index (χ4n) is 4.92. The minimum atomic E-state index is -0.412. The maximum atomic E-state index is 13.4. The molecular formula is C23H32N6O2. The number of carbonyl (C=O) groups is 2. The Morgan fingerprint density at radius 3 is 2.68 bits per heavy atom. The van der Waals surface area contributed by atoms with E-state index in [0.29, 0.717) is 22.9 Å². The highest BCUT2D eigenvalue weighted by molar-refractivity contribution is 6.09. The Bertz CT molecular complexity index is 955. The van der Waals surface area contributed by atoms with Gasteiger partial charge in [0.15, 0.2) is 0 Å². The van der Waals surface area contributed by atoms with E-state index in [1.54, 1.807) is 17.0 Å². The highest BCUT2D eigenvalue weighted by Gasteiger charge is 2.41. The van der Waals surface area contributed by atoms with Gasteiger partial charge in [0, 0.05) is 42.0 Å². The van der Waals surface area contributed by atoms with Crippen molar-refractivity contribution in [1.29, 1.82) is 0 Å². The van der Waals surface area contributed by atoms with E-state index in [2.05, 4.69) is 16.8 Å². The largest absolute Gasteiger partial charge is 0.400 e. The van der Waals surface area contributed by atoms with Crippen LogP contribution in [0.2, 0.25) is 0 Å². The number of carbonyl (C=O) groups excluding carboxylic acids is 2. The molecule has 3 aliphatic heterocycles. The Balaban J connectivity index is 1.49. The fraction of sp³-hybridized carbons (Fsp3) is 0.522. The van der Waals surface area contributed by atoms with E-state index in [4.69, 9.17) is 11.5 Å². The van der Waals surface area contributed by atoms with Crippen molar-refractivity contribution in [2.75, 3.05) is 26.2 Å². The number of rotatable bonds is 2. The molecule has 1 aromatic rings. The van der Waals surface area contributed by atoms with Crippen LogP contribution in [0.5, 0.6) is 0 Å². The van der Waals surface area contributed by atoms with Crippen LogP contribution >= 0.6 is 0 Å². The third-order valence-corrected chi connectivity index (χ3v) is 6.82. The van der Waals surface area contributed by atoms with Crippen molar-refractivity contribution in [2.24, 2.45) is 16.5 Å². The number of nitrogens with zero attached hydrogens (tertiary/aromatic N) is 4. The van der Waals surface area contributed by atoms with Crippen LogP contribution in [-0.2, 0) is 0 Å². The predicted octanol–water partition coefficient (Wildman–Crippen LogP) is 1.70. The molecule has 0 saturated carbocycles. The number of amidine groups is 1. The Labute approximate surface area is 183 Å². The zero-order valence-corrected chi connectivity index (χ0v) is 18.5. The third-order valence-electron chi connectivity index (χ3n) is 6.82. The van der Waals surface area contributed by atoms with Gasteiger partial charge in [-0.3, -0.25) is 9.69 Å². The van der Waals surface area contributed by atoms with Gasteiger partial charge in [0.25, 0.3) is 5.91 Å². The van der Waals surface area contributed by atoms with E-state index >= 15 is 0 Å². The number of benzene rings is 1. The summed E-state index contributed by atoms with van der Waals surface area (Å²) >= 11 is 0. The summed E-state index contributed by atoms with van der Waals surface area (Å²) in [6.07, 6.45) is 2.33. The number of amides is 3. The standard InChI is InChI=1S/C23H32N6O2/c1-14-6-4-7-17(10-14)22(30)26-21(25)19-13-29(16(3)20(19)24)23(31)28-12-18-8-5-9-27(18)11-15(28)2/h4,6-7,10,15-16,18H,5,8-9,11-13,24H2,1-3H3,(H2,25,26,30). The first-order valence-corrected chi connectivity index (χ1v) is 11.0. The summed E-state index contributed by atoms with van der Waals surface area (Å²) in [4.78, 5) is 36.2. The van der Waals surface area contributed by atoms with Gasteiger partial charge in [-0.05, 0) is 52.3 Å². The first-order chi connectivity index (χ1) is 14.8. The SMILES string of the molecule is Cc1cccc(C(=O)N=C(N)C2=C(N)C(C)N(C(=O)N3CC4CCCN4CC3C)C2)c1. The summed E-state index contributed by atoms with van der Waals surface area (Å²) in [6, 6.07) is 7.48. The Kier molecular flexibility index (Phi) is 5.75. The molecule has 3 aliphatic rings. The van der Waals surface area contributed by atoms with E-state index < -0.39 is 5.91 Å². The Hall–Kier alpha value is -2.87. The van der Waals surface area contributed by atoms with Gasteiger partial charge in [-0.25, -0.2) is 4.79 Å². The lowest BCUT2D eigenvalue weighted by Gasteiger charge is -2.44. The first kappa shape index (κ1) is 21.4. The summed E-state index contributed by atoms with van der Waals surface area (Å²) < 4.78 is 0. The monoisotopic (exact) mass is 424 g/mol. The van der Waals surface area contributed by atoms with Crippen molar-refractivity contribution in [3.63, 3.8) is 0 Å². The molecule has 2 saturated heterocycles. The van der Waals surface area contributed by atoms with E-state index in [1.165, 1.54) is 6.42 Å². The molecule has 3 atom stereocenters. The lowest BCUT2D eigenvalue weighted by molar-refractivity contribution is 0.0628. The van der Waals surface area contributed by atoms with Gasteiger partial charge < -0.3 is 21.3 Å². The minimum Gasteiger partial charge on any atom is -0.400 e. The van der Waals surface area contributed by atoms with Crippen LogP contribution < -0.4 is 11.5 Å². The molecule has 166 valence electrons. The first-order valence-electron chi connectivity index (χ1n) is 11.0. The number of hydrogen-bond acceptors (Lipinski definition) is 4. The molecule has 8 heteroatoms. The molecule has 0 spiro atoms. The van der Waals surface area contributed by atoms with E-state index in [0.717, 1.165) is 31.6 Å². The second kappa shape index (κ2) is 8.34. The smallest absolute Gasteiger partial charge is 0.321 e. The molecule has 2 fully saturated rings. The lowest BCUT2D eigenvalue weighted by atomic mass is 10.1. The average molecular weight is 425 g/mol. The predicted molar refractivity (Wildman–Crippen MR) is 121 cm³/mol. The highest BCUT2D eigenvalue weighted by Crippen LogP contribution is 2.28. The van der Waals surface area contributed by atoms with Crippen LogP contribution in [0.1, 0.15) is 42.6 Å². The summed E-state index contributed by atoms with van der Waals surface area (Å²) in [5.74, 6) is -0.329. The number of aliphatic imine (C=N–C) groups is 1. The van der Waals surface area contributed by atoms with Crippen LogP contribution in [0.15, 0.2) is 40.5 Å². The Morgan fingerprint density at radius 2 is 1.94 bits per heavy atom. The van der Waals surface area contributed by atoms with Crippen LogP contribution in [0.3, 0.4) is 0 Å². The topological polar surface area (TPSA) is 108 Å². The van der Waals surface area contributed by atoms with Crippen LogP contribution in [0.4, 0.5) is 4.79 Å². The second-order valence-electron chi connectivity index (χ2n) is 8.98. The molecule has 31 heavy (non-hydrogen) atoms. The van der Waals surface area contributed by atoms with Gasteiger partial charge in [-0.1, -0.05) is 17.7 Å². The zero-order valence-electron chi connectivity index (χ0n) is 18.5. The summed E-state index contributed by atoms with van der Waals surface area (Å²) in [5.41, 5.74) is 15.0. The number of fused-ring (bicyclic) bond motifs is 1. The quantitative estimate of drug-likeness (QED) is 0.555. The van der Waals surface area contributed by atoms with Gasteiger partial charge in [0.2, 0.25) is 0 Å². The highest BCUT2D eigenvalue weighted by atomic mass is 16.2. The minimum absolute atomic E-state index is 0.0256. The van der Waals surface area contributed by atoms with Crippen LogP contribution in [0, 0.1) is 6.92 Å². The molecule has 4 N–H and O–H groups in total. The van der Waals surface area contributed by atoms with E-state index in [-0.39, 0.29) is 30.5 Å². The lowest BCUT2D eigenvalue weighted by Crippen LogP contribution is -2.60. The molecule has 0 aliphatic carbocycles. The van der Waals surface area contributed by atoms with Gasteiger partial charge in [-0.2, -0.15) is 4.99 Å². The summed E-state index contributed by atoms with van der Waals surface area (Å²) in [5, 5.41) is 0. The normalized spacial score (nSPS) is 27.1. The number of nitrogens with two attached hydrogens (primary N) is 2. The second-order valence-corrected chi connectivity index (χ2v) is 8.98. The summed E-state index contributed by atoms with van der Waals surface area (Å²) in [6.45, 7) is 8.95. The molecular weight excluding hydrogens is 392 g/mol. The molecule has 0 aromatic heterocycles. The van der Waals surface area contributed by atoms with Crippen molar-refractivity contribution in [1.82, 2.24) is 14.7 Å². The Morgan fingerprint density at radius 1 is 1.16 bits per heavy atom. The molecule has 1 aromatic carbocycles. The fourth-order valence-corrected chi connectivity index (χ4v) is 4.92. The molecule has 3 unspecified atom stereocenters. The third kappa shape index (κ3) is 4.04. The maximum absolute atomic E-state index is 13.4. The van der Waals surface area contributed by atoms with Crippen molar-refractivity contribution in [2.45, 2.75) is 51.7 Å². The molecule has 3 heterocycles. The molecule has 0 bridgehead atoms. The summed E-state index contributed by atoms with van der Waals surface area (Å²) in [7, 11) is 0. The maximum Gasteiger partial charge on any atom is 0.321 e. The average Bonchev–Trinajstić information content (AvgIpc) is 3.31. The molecule has 4 rings (SSSR count). The van der Waals surface area contributed by atoms with Crippen molar-refractivity contribution in [3.05, 3.63) is 46.7 Å². The number of piperazine rings is 1. The molecule has 0 radical (unpaired) electrons. The zero-order chi connectivity index (χ0) is 22.3. The van der Waals surface area contributed by atoms with Gasteiger partial charge in [0.1, 0.15) is 5.84 Å². The van der Waals surface area contributed by atoms with Crippen LogP contribution in [-0.4, -0.2) is 76.8 Å². The molecule has 8 nitrogen and oxygen atoms in total. The number of urea groups is 1. The number of hydrogen-bond donors (Lipinski definition) is 2. The van der Waals surface area contributed by atoms with Crippen LogP contribution in [0.25, 0.3) is 0 Å². The van der Waals surface area contributed by atoms with Crippen molar-refractivity contribution >= 4 is 17.8 Å².